The van der Waals surface area contributed by atoms with Crippen LogP contribution in [-0.2, 0) is 19.0 Å². The fourth-order valence-corrected chi connectivity index (χ4v) is 4.60. The van der Waals surface area contributed by atoms with E-state index in [0.717, 1.165) is 37.0 Å². The van der Waals surface area contributed by atoms with Crippen LogP contribution in [-0.4, -0.2) is 103 Å². The number of benzene rings is 2. The summed E-state index contributed by atoms with van der Waals surface area (Å²) in [6.45, 7) is 5.34. The molecule has 0 aliphatic rings. The van der Waals surface area contributed by atoms with Crippen LogP contribution in [0.3, 0.4) is 0 Å². The number of likely N-dealkylation sites (N-methyl/N-ethyl adjacent to an activating group) is 1. The van der Waals surface area contributed by atoms with E-state index < -0.39 is 5.97 Å². The number of aliphatic carboxylic acids is 1. The number of amides is 1. The quantitative estimate of drug-likeness (QED) is 0.0494. The van der Waals surface area contributed by atoms with Crippen molar-refractivity contribution in [1.82, 2.24) is 20.2 Å². The Balaban J connectivity index is 1.29. The van der Waals surface area contributed by atoms with Crippen molar-refractivity contribution in [1.29, 1.82) is 10.8 Å². The lowest BCUT2D eigenvalue weighted by Crippen LogP contribution is -2.37. The molecule has 2 aromatic carbocycles. The molecule has 0 bridgehead atoms. The number of carbonyl (C=O) groups is 2. The number of anilines is 1. The zero-order chi connectivity index (χ0) is 36.0. The number of nitrogens with one attached hydrogen (secondary N) is 4. The second-order valence-electron chi connectivity index (χ2n) is 11.4. The van der Waals surface area contributed by atoms with Crippen LogP contribution in [0.2, 0.25) is 0 Å². The van der Waals surface area contributed by atoms with Crippen LogP contribution < -0.4 is 15.4 Å². The van der Waals surface area contributed by atoms with Crippen LogP contribution in [0.5, 0.6) is 5.75 Å². The Hall–Kier alpha value is -4.92. The Kier molecular flexibility index (Phi) is 17.9. The van der Waals surface area contributed by atoms with Crippen molar-refractivity contribution in [2.75, 3.05) is 65.2 Å². The molecule has 1 atom stereocenters. The lowest BCUT2D eigenvalue weighted by molar-refractivity contribution is -0.138. The molecule has 14 heteroatoms. The monoisotopic (exact) mass is 691 g/mol. The summed E-state index contributed by atoms with van der Waals surface area (Å²) >= 11 is 0. The number of hydrogen-bond acceptors (Lipinski definition) is 11. The van der Waals surface area contributed by atoms with Crippen molar-refractivity contribution in [3.63, 3.8) is 0 Å². The number of carboxylic acid groups (broad SMARTS) is 1. The molecule has 3 aromatic rings. The Labute approximate surface area is 293 Å². The summed E-state index contributed by atoms with van der Waals surface area (Å²) in [5.74, 6) is -0.0843. The van der Waals surface area contributed by atoms with Crippen molar-refractivity contribution in [3.05, 3.63) is 83.9 Å². The number of aromatic nitrogens is 2. The first-order valence-electron chi connectivity index (χ1n) is 16.7. The molecule has 50 heavy (non-hydrogen) atoms. The number of hydrogen-bond donors (Lipinski definition) is 5. The van der Waals surface area contributed by atoms with Gasteiger partial charge in [0, 0.05) is 31.1 Å². The van der Waals surface area contributed by atoms with Gasteiger partial charge in [-0.2, -0.15) is 0 Å². The van der Waals surface area contributed by atoms with Gasteiger partial charge in [-0.05, 0) is 68.1 Å². The third-order valence-corrected chi connectivity index (χ3v) is 7.51. The second-order valence-corrected chi connectivity index (χ2v) is 11.4. The third-order valence-electron chi connectivity index (χ3n) is 7.51. The van der Waals surface area contributed by atoms with Crippen LogP contribution in [0.1, 0.15) is 66.7 Å². The number of nitrogens with zero attached hydrogens (tertiary/aromatic N) is 3. The van der Waals surface area contributed by atoms with Crippen LogP contribution in [0.25, 0.3) is 0 Å². The number of ether oxygens (including phenoxy) is 4. The molecule has 1 aromatic heterocycles. The van der Waals surface area contributed by atoms with Gasteiger partial charge >= 0.3 is 5.97 Å². The molecular weight excluding hydrogens is 642 g/mol. The van der Waals surface area contributed by atoms with E-state index in [4.69, 9.17) is 34.9 Å². The highest BCUT2D eigenvalue weighted by Crippen LogP contribution is 2.21. The lowest BCUT2D eigenvalue weighted by atomic mass is 10.1. The van der Waals surface area contributed by atoms with Gasteiger partial charge in [0.1, 0.15) is 23.6 Å². The first kappa shape index (κ1) is 39.5. The summed E-state index contributed by atoms with van der Waals surface area (Å²) in [6, 6.07) is 16.2. The van der Waals surface area contributed by atoms with Crippen LogP contribution in [0, 0.1) is 10.8 Å². The van der Waals surface area contributed by atoms with Crippen molar-refractivity contribution in [2.24, 2.45) is 0 Å². The highest BCUT2D eigenvalue weighted by molar-refractivity contribution is 6.06. The molecule has 0 aliphatic carbocycles. The van der Waals surface area contributed by atoms with Gasteiger partial charge in [-0.1, -0.05) is 24.6 Å². The smallest absolute Gasteiger partial charge is 0.305 e. The van der Waals surface area contributed by atoms with Crippen molar-refractivity contribution < 1.29 is 33.6 Å². The zero-order valence-corrected chi connectivity index (χ0v) is 28.9. The number of amidine groups is 2. The first-order valence-corrected chi connectivity index (χ1v) is 16.7. The van der Waals surface area contributed by atoms with Gasteiger partial charge in [0.2, 0.25) is 0 Å². The summed E-state index contributed by atoms with van der Waals surface area (Å²) in [4.78, 5) is 32.9. The van der Waals surface area contributed by atoms with E-state index in [0.29, 0.717) is 56.6 Å². The molecule has 14 nitrogen and oxygen atoms in total. The fraction of sp³-hybridized carbons (Fsp3) is 0.444. The topological polar surface area (TPSA) is 192 Å². The molecule has 1 heterocycles. The van der Waals surface area contributed by atoms with Gasteiger partial charge < -0.3 is 39.6 Å². The maximum absolute atomic E-state index is 13.1. The summed E-state index contributed by atoms with van der Waals surface area (Å²) < 4.78 is 22.1. The third kappa shape index (κ3) is 15.1. The zero-order valence-electron chi connectivity index (χ0n) is 28.9. The molecular formula is C36H49N7O7. The molecule has 270 valence electrons. The molecule has 0 spiro atoms. The molecule has 0 saturated heterocycles. The van der Waals surface area contributed by atoms with Gasteiger partial charge in [0.15, 0.2) is 5.84 Å². The van der Waals surface area contributed by atoms with E-state index in [1.165, 1.54) is 11.2 Å². The molecule has 3 rings (SSSR count). The Morgan fingerprint density at radius 2 is 1.58 bits per heavy atom. The van der Waals surface area contributed by atoms with Crippen molar-refractivity contribution in [2.45, 2.75) is 45.1 Å². The second kappa shape index (κ2) is 22.7. The minimum Gasteiger partial charge on any atom is -0.494 e. The fourth-order valence-electron chi connectivity index (χ4n) is 4.60. The molecule has 0 fully saturated rings. The van der Waals surface area contributed by atoms with Crippen molar-refractivity contribution >= 4 is 29.2 Å². The molecule has 5 N–H and O–H groups in total. The van der Waals surface area contributed by atoms with E-state index in [1.807, 2.05) is 37.3 Å². The van der Waals surface area contributed by atoms with Crippen LogP contribution >= 0.6 is 0 Å². The largest absolute Gasteiger partial charge is 0.494 e. The summed E-state index contributed by atoms with van der Waals surface area (Å²) in [7, 11) is 1.63. The summed E-state index contributed by atoms with van der Waals surface area (Å²) in [5.41, 5.74) is 2.52. The van der Waals surface area contributed by atoms with Gasteiger partial charge in [0.25, 0.3) is 5.91 Å². The number of carbonyl (C=O) groups excluding carboxylic acids is 1. The average molecular weight is 692 g/mol. The maximum Gasteiger partial charge on any atom is 0.305 e. The summed E-state index contributed by atoms with van der Waals surface area (Å²) in [6.07, 6.45) is 6.86. The van der Waals surface area contributed by atoms with E-state index in [2.05, 4.69) is 20.6 Å². The highest BCUT2D eigenvalue weighted by Gasteiger charge is 2.15. The first-order chi connectivity index (χ1) is 24.2. The molecule has 0 unspecified atom stereocenters. The normalized spacial score (nSPS) is 11.4. The predicted octanol–water partition coefficient (Wildman–Crippen LogP) is 4.78. The minimum absolute atomic E-state index is 0.00258. The van der Waals surface area contributed by atoms with Crippen LogP contribution in [0.4, 0.5) is 5.69 Å². The molecule has 0 radical (unpaired) electrons. The van der Waals surface area contributed by atoms with E-state index in [1.54, 1.807) is 37.5 Å². The SMILES string of the molecule is C[C@@H](NC(=O)c1cccc(NCC(=N)N(C)C(=N)c2ccncn2)c1)c1cccc(OCCCCCCOCCOCCOCCC(=O)O)c1. The Morgan fingerprint density at radius 1 is 0.880 bits per heavy atom. The summed E-state index contributed by atoms with van der Waals surface area (Å²) in [5, 5.41) is 31.4. The van der Waals surface area contributed by atoms with E-state index in [-0.39, 0.29) is 43.2 Å². The van der Waals surface area contributed by atoms with Gasteiger partial charge in [-0.15, -0.1) is 0 Å². The lowest BCUT2D eigenvalue weighted by Gasteiger charge is -2.21. The van der Waals surface area contributed by atoms with E-state index >= 15 is 0 Å². The maximum atomic E-state index is 13.1. The highest BCUT2D eigenvalue weighted by atomic mass is 16.5. The van der Waals surface area contributed by atoms with Gasteiger partial charge in [-0.25, -0.2) is 9.97 Å². The predicted molar refractivity (Wildman–Crippen MR) is 190 cm³/mol. The Bertz CT molecular complexity index is 1490. The number of carboxylic acids is 1. The molecule has 0 saturated carbocycles. The molecule has 1 amide bonds. The van der Waals surface area contributed by atoms with Gasteiger partial charge in [-0.3, -0.25) is 20.4 Å². The van der Waals surface area contributed by atoms with Crippen LogP contribution in [0.15, 0.2) is 67.1 Å². The van der Waals surface area contributed by atoms with Crippen molar-refractivity contribution in [3.8, 4) is 5.75 Å². The van der Waals surface area contributed by atoms with E-state index in [9.17, 15) is 9.59 Å². The Morgan fingerprint density at radius 3 is 2.30 bits per heavy atom. The average Bonchev–Trinajstić information content (AvgIpc) is 3.13. The number of rotatable bonds is 24. The molecule has 0 aliphatic heterocycles. The number of unbranched alkanes of at least 4 members (excludes halogenated alkanes) is 3. The standard InChI is InChI=1S/C36H49N7O7/c1-27(42-36(46)29-10-7-11-30(23-29)40-25-33(37)43(2)35(38)32-13-15-39-26-41-32)28-9-8-12-31(24-28)50-17-6-4-3-5-16-47-19-21-49-22-20-48-18-14-34(44)45/h7-13,15,23-24,26-27,37-38,40H,3-6,14,16-22,25H2,1-2H3,(H,42,46)(H,44,45)/t27-/m1/s1. The van der Waals surface area contributed by atoms with Gasteiger partial charge in [0.05, 0.1) is 58.6 Å². The minimum atomic E-state index is -0.873.